The largest absolute Gasteiger partial charge is 0.472 e. The van der Waals surface area contributed by atoms with Crippen molar-refractivity contribution in [3.63, 3.8) is 0 Å². The number of phosphoric acid groups is 2. The predicted molar refractivity (Wildman–Crippen MR) is 436 cm³/mol. The molecule has 5 unspecified atom stereocenters. The van der Waals surface area contributed by atoms with Crippen LogP contribution in [0.2, 0.25) is 0 Å². The Kier molecular flexibility index (Phi) is 74.8. The summed E-state index contributed by atoms with van der Waals surface area (Å²) >= 11 is 0. The van der Waals surface area contributed by atoms with Crippen molar-refractivity contribution in [2.75, 3.05) is 39.6 Å². The van der Waals surface area contributed by atoms with Crippen LogP contribution in [0.1, 0.15) is 336 Å². The second kappa shape index (κ2) is 78.3. The molecule has 0 saturated carbocycles. The minimum absolute atomic E-state index is 0.0355. The summed E-state index contributed by atoms with van der Waals surface area (Å²) in [6.45, 7) is 4.55. The smallest absolute Gasteiger partial charge is 0.462 e. The maximum absolute atomic E-state index is 13.1. The third kappa shape index (κ3) is 77.4. The zero-order valence-corrected chi connectivity index (χ0v) is 68.4. The maximum Gasteiger partial charge on any atom is 0.472 e. The molecule has 608 valence electrons. The lowest BCUT2D eigenvalue weighted by atomic mass is 10.0. The fraction of sp³-hybridized carbons (Fsp3) is 0.701. The van der Waals surface area contributed by atoms with Gasteiger partial charge in [0.15, 0.2) is 12.2 Å². The van der Waals surface area contributed by atoms with Gasteiger partial charge in [-0.2, -0.15) is 0 Å². The lowest BCUT2D eigenvalue weighted by Crippen LogP contribution is -2.30. The number of aliphatic hydroxyl groups excluding tert-OH is 1. The van der Waals surface area contributed by atoms with Gasteiger partial charge in [-0.1, -0.05) is 315 Å². The number of ether oxygens (including phenoxy) is 4. The number of aliphatic hydroxyl groups is 1. The van der Waals surface area contributed by atoms with Gasteiger partial charge in [-0.05, 0) is 128 Å². The van der Waals surface area contributed by atoms with Crippen LogP contribution in [0.4, 0.5) is 0 Å². The molecule has 3 N–H and O–H groups in total. The Bertz CT molecular complexity index is 2530. The third-order valence-corrected chi connectivity index (χ3v) is 19.0. The van der Waals surface area contributed by atoms with E-state index in [0.29, 0.717) is 32.1 Å². The first-order valence-electron chi connectivity index (χ1n) is 41.4. The van der Waals surface area contributed by atoms with E-state index in [4.69, 9.17) is 37.0 Å². The molecule has 0 bridgehead atoms. The molecule has 0 saturated heterocycles. The quantitative estimate of drug-likeness (QED) is 0.0169. The molecule has 106 heavy (non-hydrogen) atoms. The van der Waals surface area contributed by atoms with Crippen molar-refractivity contribution in [2.45, 2.75) is 354 Å². The van der Waals surface area contributed by atoms with Crippen LogP contribution in [-0.2, 0) is 65.4 Å². The van der Waals surface area contributed by atoms with E-state index in [-0.39, 0.29) is 25.7 Å². The Labute approximate surface area is 644 Å². The lowest BCUT2D eigenvalue weighted by Gasteiger charge is -2.21. The van der Waals surface area contributed by atoms with Gasteiger partial charge >= 0.3 is 39.5 Å². The van der Waals surface area contributed by atoms with Crippen molar-refractivity contribution < 1.29 is 80.2 Å². The number of rotatable bonds is 77. The molecule has 0 heterocycles. The highest BCUT2D eigenvalue weighted by atomic mass is 31.2. The summed E-state index contributed by atoms with van der Waals surface area (Å²) in [6.07, 6.45) is 88.6. The highest BCUT2D eigenvalue weighted by molar-refractivity contribution is 7.47. The van der Waals surface area contributed by atoms with E-state index in [9.17, 15) is 43.2 Å². The first kappa shape index (κ1) is 101. The van der Waals surface area contributed by atoms with Crippen LogP contribution in [-0.4, -0.2) is 96.7 Å². The van der Waals surface area contributed by atoms with Gasteiger partial charge in [0, 0.05) is 25.7 Å². The fourth-order valence-electron chi connectivity index (χ4n) is 10.9. The Morgan fingerprint density at radius 2 is 0.509 bits per heavy atom. The molecule has 0 rings (SSSR count). The molecule has 0 aliphatic rings. The first-order valence-corrected chi connectivity index (χ1v) is 44.4. The molecule has 0 amide bonds. The molecule has 0 aliphatic carbocycles. The Morgan fingerprint density at radius 3 is 0.830 bits per heavy atom. The summed E-state index contributed by atoms with van der Waals surface area (Å²) in [7, 11) is -9.99. The van der Waals surface area contributed by atoms with Crippen LogP contribution in [0.15, 0.2) is 134 Å². The van der Waals surface area contributed by atoms with Gasteiger partial charge in [0.2, 0.25) is 0 Å². The summed E-state index contributed by atoms with van der Waals surface area (Å²) < 4.78 is 68.6. The molecule has 19 heteroatoms. The summed E-state index contributed by atoms with van der Waals surface area (Å²) in [6, 6.07) is 0. The first-order chi connectivity index (χ1) is 51.7. The minimum Gasteiger partial charge on any atom is -0.462 e. The molecular weight excluding hydrogens is 1380 g/mol. The van der Waals surface area contributed by atoms with Crippen molar-refractivity contribution in [1.29, 1.82) is 0 Å². The van der Waals surface area contributed by atoms with Gasteiger partial charge in [0.25, 0.3) is 0 Å². The molecule has 5 atom stereocenters. The van der Waals surface area contributed by atoms with Crippen LogP contribution < -0.4 is 0 Å². The summed E-state index contributed by atoms with van der Waals surface area (Å²) in [5.41, 5.74) is 0. The average Bonchev–Trinajstić information content (AvgIpc) is 0.909. The van der Waals surface area contributed by atoms with E-state index in [1.54, 1.807) is 0 Å². The number of esters is 4. The zero-order valence-electron chi connectivity index (χ0n) is 66.6. The minimum atomic E-state index is -5.00. The zero-order chi connectivity index (χ0) is 77.4. The molecule has 0 aromatic rings. The van der Waals surface area contributed by atoms with Gasteiger partial charge in [-0.25, -0.2) is 9.13 Å². The summed E-state index contributed by atoms with van der Waals surface area (Å²) in [4.78, 5) is 73.1. The van der Waals surface area contributed by atoms with Crippen molar-refractivity contribution >= 4 is 39.5 Å². The second-order valence-corrected chi connectivity index (χ2v) is 30.2. The number of carbonyl (C=O) groups is 4. The number of hydrogen-bond donors (Lipinski definition) is 3. The van der Waals surface area contributed by atoms with E-state index in [1.807, 2.05) is 18.2 Å². The molecule has 0 radical (unpaired) electrons. The number of carbonyl (C=O) groups excluding carboxylic acids is 4. The van der Waals surface area contributed by atoms with Crippen LogP contribution in [0, 0.1) is 0 Å². The van der Waals surface area contributed by atoms with Gasteiger partial charge < -0.3 is 33.8 Å². The second-order valence-electron chi connectivity index (χ2n) is 27.3. The molecule has 0 aromatic heterocycles. The molecule has 0 aliphatic heterocycles. The van der Waals surface area contributed by atoms with Gasteiger partial charge in [0.1, 0.15) is 19.3 Å². The standard InChI is InChI=1S/C87H148O17P2/c1-5-9-13-17-21-25-29-33-37-39-40-42-46-48-52-56-60-64-68-72-85(90)98-78-83(104-87(92)74-70-66-62-58-54-50-44-36-32-28-24-20-16-12-8-4)80-102-106(95,96)100-76-81(88)75-99-105(93,94)101-79-82(103-86(91)73-69-65-61-57-53-49-43-35-31-27-23-19-15-11-7-3)77-97-84(89)71-67-63-59-55-51-47-45-41-38-34-30-26-22-18-14-10-6-2/h9-10,13-14,21-23,25-27,33-35,37-38,40,42-43,48,52,60,64,81-83,88H,5-8,11-12,15-20,24,28-32,36,39,41,44-47,49-51,53-59,61-63,65-80H2,1-4H3,(H,93,94)(H,95,96)/b13-9-,14-10-,25-21-,26-22-,27-23-,37-33-,38-34-,42-40-,43-35-,52-48-,64-60-. The number of hydrogen-bond acceptors (Lipinski definition) is 15. The third-order valence-electron chi connectivity index (χ3n) is 17.1. The van der Waals surface area contributed by atoms with Crippen LogP contribution in [0.3, 0.4) is 0 Å². The number of phosphoric ester groups is 2. The highest BCUT2D eigenvalue weighted by Gasteiger charge is 2.30. The topological polar surface area (TPSA) is 237 Å². The van der Waals surface area contributed by atoms with E-state index in [1.165, 1.54) is 83.5 Å². The molecule has 0 aromatic carbocycles. The van der Waals surface area contributed by atoms with Crippen LogP contribution in [0.25, 0.3) is 0 Å². The Balaban J connectivity index is 5.43. The van der Waals surface area contributed by atoms with Crippen molar-refractivity contribution in [3.05, 3.63) is 134 Å². The Hall–Kier alpha value is -4.80. The van der Waals surface area contributed by atoms with Crippen molar-refractivity contribution in [2.24, 2.45) is 0 Å². The van der Waals surface area contributed by atoms with Gasteiger partial charge in [0.05, 0.1) is 26.4 Å². The van der Waals surface area contributed by atoms with Gasteiger partial charge in [-0.3, -0.25) is 37.3 Å². The molecular formula is C87H148O17P2. The Morgan fingerprint density at radius 1 is 0.274 bits per heavy atom. The van der Waals surface area contributed by atoms with Crippen LogP contribution in [0.5, 0.6) is 0 Å². The van der Waals surface area contributed by atoms with E-state index in [0.717, 1.165) is 167 Å². The monoisotopic (exact) mass is 1530 g/mol. The summed E-state index contributed by atoms with van der Waals surface area (Å²) in [5, 5.41) is 10.7. The van der Waals surface area contributed by atoms with Crippen LogP contribution >= 0.6 is 15.6 Å². The predicted octanol–water partition coefficient (Wildman–Crippen LogP) is 24.4. The SMILES string of the molecule is CC/C=C\C/C=C\C/C=C\C/C=C\C/C=C\C/C=C\CCC(=O)OCC(COP(=O)(O)OCC(O)COP(=O)(O)OCC(COC(=O)CCCCCCCCC/C=C\C/C=C\C/C=C\CC)OC(=O)CCCCCCC/C=C\C/C=C\CCCCC)OC(=O)CCCCCCCCCCCCCCCCC. The molecule has 0 spiro atoms. The maximum atomic E-state index is 13.1. The van der Waals surface area contributed by atoms with Crippen molar-refractivity contribution in [1.82, 2.24) is 0 Å². The average molecular weight is 1530 g/mol. The van der Waals surface area contributed by atoms with E-state index < -0.39 is 97.5 Å². The van der Waals surface area contributed by atoms with Crippen molar-refractivity contribution in [3.8, 4) is 0 Å². The van der Waals surface area contributed by atoms with E-state index in [2.05, 4.69) is 143 Å². The van der Waals surface area contributed by atoms with Gasteiger partial charge in [-0.15, -0.1) is 0 Å². The fourth-order valence-corrected chi connectivity index (χ4v) is 12.5. The lowest BCUT2D eigenvalue weighted by molar-refractivity contribution is -0.161. The highest BCUT2D eigenvalue weighted by Crippen LogP contribution is 2.45. The normalized spacial score (nSPS) is 14.5. The molecule has 17 nitrogen and oxygen atoms in total. The summed E-state index contributed by atoms with van der Waals surface area (Å²) in [5.74, 6) is -2.29. The van der Waals surface area contributed by atoms with E-state index >= 15 is 0 Å². The molecule has 0 fully saturated rings. The number of allylic oxidation sites excluding steroid dienone is 22. The number of unbranched alkanes of at least 4 members (excludes halogenated alkanes) is 29.